The summed E-state index contributed by atoms with van der Waals surface area (Å²) < 4.78 is 296. The fourth-order valence-corrected chi connectivity index (χ4v) is 7.23. The van der Waals surface area contributed by atoms with Crippen molar-refractivity contribution in [2.24, 2.45) is 0 Å². The number of aromatic nitrogens is 1. The number of hydrogen-bond acceptors (Lipinski definition) is 0. The number of rotatable bonds is 6. The second-order valence-corrected chi connectivity index (χ2v) is 13.4. The summed E-state index contributed by atoms with van der Waals surface area (Å²) in [6, 6.07) is 21.3. The zero-order valence-corrected chi connectivity index (χ0v) is 30.6. The van der Waals surface area contributed by atoms with E-state index in [1.165, 1.54) is 22.0 Å². The highest BCUT2D eigenvalue weighted by molar-refractivity contribution is 7.20. The molecule has 1 heterocycles. The predicted octanol–water partition coefficient (Wildman–Crippen LogP) is 9.33. The number of halogens is 20. The van der Waals surface area contributed by atoms with Crippen LogP contribution in [-0.2, 0) is 6.54 Å². The van der Waals surface area contributed by atoms with E-state index < -0.39 is 144 Å². The van der Waals surface area contributed by atoms with Crippen molar-refractivity contribution in [1.82, 2.24) is 0 Å². The number of nitrogens with zero attached hydrogens (tertiary/aromatic N) is 1. The zero-order chi connectivity index (χ0) is 46.7. The Balaban J connectivity index is 0.000000302. The Hall–Kier alpha value is -6.61. The molecule has 0 atom stereocenters. The van der Waals surface area contributed by atoms with Crippen LogP contribution in [0.4, 0.5) is 87.8 Å². The quantitative estimate of drug-likeness (QED) is 0.0516. The van der Waals surface area contributed by atoms with Crippen molar-refractivity contribution in [3.8, 4) is 0 Å². The van der Waals surface area contributed by atoms with Crippen LogP contribution in [0.15, 0.2) is 66.9 Å². The third kappa shape index (κ3) is 7.08. The molecule has 0 radical (unpaired) electrons. The average molecular weight is 913 g/mol. The number of benzene rings is 6. The molecule has 0 aliphatic carbocycles. The van der Waals surface area contributed by atoms with Gasteiger partial charge in [0.25, 0.3) is 0 Å². The van der Waals surface area contributed by atoms with E-state index in [1.54, 1.807) is 0 Å². The molecule has 0 aliphatic rings. The van der Waals surface area contributed by atoms with Crippen molar-refractivity contribution >= 4 is 38.8 Å². The van der Waals surface area contributed by atoms with Gasteiger partial charge >= 0.3 is 0 Å². The molecule has 22 heteroatoms. The lowest BCUT2D eigenvalue weighted by Gasteiger charge is -2.44. The van der Waals surface area contributed by atoms with Crippen LogP contribution in [0, 0.1) is 123 Å². The molecule has 0 bridgehead atoms. The lowest BCUT2D eigenvalue weighted by atomic mass is 9.12. The molecule has 328 valence electrons. The average Bonchev–Trinajstić information content (AvgIpc) is 3.27. The first-order valence-electron chi connectivity index (χ1n) is 17.2. The molecule has 0 unspecified atom stereocenters. The van der Waals surface area contributed by atoms with Gasteiger partial charge in [-0.05, 0) is 11.5 Å². The smallest absolute Gasteiger partial charge is 0.200 e. The summed E-state index contributed by atoms with van der Waals surface area (Å²) in [5, 5.41) is 2.63. The Morgan fingerprint density at radius 1 is 0.333 bits per heavy atom. The van der Waals surface area contributed by atoms with Crippen LogP contribution < -0.4 is 26.4 Å². The van der Waals surface area contributed by atoms with Gasteiger partial charge in [-0.1, -0.05) is 48.5 Å². The Labute approximate surface area is 339 Å². The second kappa shape index (κ2) is 16.9. The Morgan fingerprint density at radius 3 is 0.921 bits per heavy atom. The van der Waals surface area contributed by atoms with E-state index in [1.807, 2.05) is 0 Å². The van der Waals surface area contributed by atoms with E-state index in [4.69, 9.17) is 0 Å². The van der Waals surface area contributed by atoms with Crippen LogP contribution in [0.1, 0.15) is 11.3 Å². The third-order valence-electron chi connectivity index (χ3n) is 10.1. The minimum absolute atomic E-state index is 0.928. The molecule has 0 N–H and O–H groups in total. The van der Waals surface area contributed by atoms with Crippen LogP contribution in [0.2, 0.25) is 0 Å². The maximum Gasteiger partial charge on any atom is 0.200 e. The SMILES string of the molecule is Cc1c2ccccc2cc[n+]1Cc1ccccc1.Fc1c(F)c(F)c([B-](c2c(F)c(F)c(F)c(F)c2F)(c2c(F)c(F)c(F)c(F)c2F)c2c(F)c(F)c(F)c(F)c2F)c(F)c1F. The summed E-state index contributed by atoms with van der Waals surface area (Å²) in [4.78, 5) is 0. The zero-order valence-electron chi connectivity index (χ0n) is 30.6. The summed E-state index contributed by atoms with van der Waals surface area (Å²) in [6.07, 6.45) is -5.05. The van der Waals surface area contributed by atoms with Crippen molar-refractivity contribution in [3.63, 3.8) is 0 Å². The third-order valence-corrected chi connectivity index (χ3v) is 10.1. The number of aryl methyl sites for hydroxylation is 1. The van der Waals surface area contributed by atoms with Crippen LogP contribution in [0.25, 0.3) is 10.8 Å². The fourth-order valence-electron chi connectivity index (χ4n) is 7.23. The molecular weight excluding hydrogens is 897 g/mol. The van der Waals surface area contributed by atoms with Gasteiger partial charge in [0.05, 0.1) is 0 Å². The molecule has 1 nitrogen and oxygen atoms in total. The summed E-state index contributed by atoms with van der Waals surface area (Å²) >= 11 is 0. The summed E-state index contributed by atoms with van der Waals surface area (Å²) in [7, 11) is 0. The Morgan fingerprint density at radius 2 is 0.603 bits per heavy atom. The van der Waals surface area contributed by atoms with Gasteiger partial charge in [-0.15, -0.1) is 21.9 Å². The topological polar surface area (TPSA) is 3.88 Å². The fraction of sp³-hybridized carbons (Fsp3) is 0.0488. The van der Waals surface area contributed by atoms with Gasteiger partial charge in [-0.25, -0.2) is 87.8 Å². The van der Waals surface area contributed by atoms with Gasteiger partial charge in [0, 0.05) is 23.9 Å². The first kappa shape index (κ1) is 45.9. The predicted molar refractivity (Wildman–Crippen MR) is 184 cm³/mol. The highest BCUT2D eigenvalue weighted by Crippen LogP contribution is 2.31. The molecule has 0 fully saturated rings. The molecule has 0 aliphatic heterocycles. The van der Waals surface area contributed by atoms with Crippen LogP contribution in [-0.4, -0.2) is 6.15 Å². The summed E-state index contributed by atoms with van der Waals surface area (Å²) in [5.74, 6) is -71.4. The molecule has 1 aromatic heterocycles. The molecule has 63 heavy (non-hydrogen) atoms. The summed E-state index contributed by atoms with van der Waals surface area (Å²) in [5.41, 5.74) is -11.7. The van der Waals surface area contributed by atoms with Gasteiger partial charge in [0.2, 0.25) is 0 Å². The lowest BCUT2D eigenvalue weighted by Crippen LogP contribution is -2.81. The normalized spacial score (nSPS) is 11.6. The minimum Gasteiger partial charge on any atom is -0.207 e. The minimum atomic E-state index is -7.22. The summed E-state index contributed by atoms with van der Waals surface area (Å²) in [6.45, 7) is 3.11. The van der Waals surface area contributed by atoms with Crippen molar-refractivity contribution in [1.29, 1.82) is 0 Å². The highest BCUT2D eigenvalue weighted by Gasteiger charge is 2.52. The van der Waals surface area contributed by atoms with Gasteiger partial charge in [-0.3, -0.25) is 0 Å². The number of pyridine rings is 1. The number of hydrogen-bond donors (Lipinski definition) is 0. The van der Waals surface area contributed by atoms with E-state index in [-0.39, 0.29) is 0 Å². The molecule has 0 saturated carbocycles. The first-order valence-corrected chi connectivity index (χ1v) is 17.2. The van der Waals surface area contributed by atoms with Crippen molar-refractivity contribution in [3.05, 3.63) is 194 Å². The maximum atomic E-state index is 15.4. The van der Waals surface area contributed by atoms with Gasteiger partial charge in [0.1, 0.15) is 52.7 Å². The highest BCUT2D eigenvalue weighted by atomic mass is 19.2. The van der Waals surface area contributed by atoms with Gasteiger partial charge < -0.3 is 0 Å². The maximum absolute atomic E-state index is 15.4. The lowest BCUT2D eigenvalue weighted by molar-refractivity contribution is -0.692. The van der Waals surface area contributed by atoms with E-state index in [9.17, 15) is 52.7 Å². The molecular formula is C41H16BF20N. The van der Waals surface area contributed by atoms with Gasteiger partial charge in [-0.2, -0.15) is 4.57 Å². The van der Waals surface area contributed by atoms with Crippen LogP contribution in [0.3, 0.4) is 0 Å². The molecule has 0 spiro atoms. The first-order chi connectivity index (χ1) is 29.5. The molecule has 7 rings (SSSR count). The second-order valence-electron chi connectivity index (χ2n) is 13.4. The molecule has 0 saturated heterocycles. The van der Waals surface area contributed by atoms with Crippen molar-refractivity contribution in [2.45, 2.75) is 13.5 Å². The van der Waals surface area contributed by atoms with Crippen molar-refractivity contribution in [2.75, 3.05) is 0 Å². The number of fused-ring (bicyclic) bond motifs is 1. The Bertz CT molecular complexity index is 2610. The van der Waals surface area contributed by atoms with E-state index in [2.05, 4.69) is 78.4 Å². The Kier molecular flexibility index (Phi) is 12.3. The van der Waals surface area contributed by atoms with E-state index in [0.717, 1.165) is 6.54 Å². The van der Waals surface area contributed by atoms with Crippen molar-refractivity contribution < 1.29 is 92.4 Å². The van der Waals surface area contributed by atoms with Crippen LogP contribution >= 0.6 is 0 Å². The van der Waals surface area contributed by atoms with Crippen LogP contribution in [0.5, 0.6) is 0 Å². The van der Waals surface area contributed by atoms with E-state index >= 15 is 35.1 Å². The standard InChI is InChI=1S/C24BF20.C17H16N/c26-5-1(6(27)14(35)21(42)13(5)34)25(2-7(28)15(36)22(43)16(37)8(2)29,3-9(30)17(38)23(44)18(39)10(3)31)4-11(32)19(40)24(45)20(41)12(4)33;1-14-17-10-6-5-9-16(17)11-12-18(14)13-15-7-3-2-4-8-15/h;2-12H,13H2,1H3/q-1;+1. The largest absolute Gasteiger partial charge is 0.207 e. The van der Waals surface area contributed by atoms with E-state index in [0.29, 0.717) is 0 Å². The molecule has 6 aromatic carbocycles. The molecule has 7 aromatic rings. The van der Waals surface area contributed by atoms with Gasteiger partial charge in [0.15, 0.2) is 88.2 Å². The monoisotopic (exact) mass is 913 g/mol. The molecule has 0 amide bonds.